The highest BCUT2D eigenvalue weighted by Crippen LogP contribution is 2.31. The van der Waals surface area contributed by atoms with Gasteiger partial charge in [0.25, 0.3) is 0 Å². The summed E-state index contributed by atoms with van der Waals surface area (Å²) in [6.07, 6.45) is -0.0348. The zero-order valence-electron chi connectivity index (χ0n) is 14.0. The maximum Gasteiger partial charge on any atom is 0.237 e. The second kappa shape index (κ2) is 8.23. The molecule has 1 saturated heterocycles. The number of halogens is 2. The van der Waals surface area contributed by atoms with E-state index in [2.05, 4.69) is 15.6 Å². The summed E-state index contributed by atoms with van der Waals surface area (Å²) in [6, 6.07) is 5.69. The first-order valence-electron chi connectivity index (χ1n) is 7.89. The highest BCUT2D eigenvalue weighted by atomic mass is 35.5. The van der Waals surface area contributed by atoms with Gasteiger partial charge in [-0.25, -0.2) is 9.37 Å². The first-order valence-corrected chi connectivity index (χ1v) is 8.70. The second-order valence-corrected chi connectivity index (χ2v) is 7.09. The van der Waals surface area contributed by atoms with E-state index in [1.54, 1.807) is 12.1 Å². The van der Waals surface area contributed by atoms with E-state index in [1.165, 1.54) is 23.5 Å². The number of aryl methyl sites for hydroxylation is 1. The van der Waals surface area contributed by atoms with Crippen molar-refractivity contribution in [1.29, 1.82) is 0 Å². The van der Waals surface area contributed by atoms with Crippen molar-refractivity contribution in [3.8, 4) is 10.6 Å². The van der Waals surface area contributed by atoms with Crippen molar-refractivity contribution < 1.29 is 14.3 Å². The van der Waals surface area contributed by atoms with E-state index >= 15 is 0 Å². The third-order valence-corrected chi connectivity index (χ3v) is 5.49. The first kappa shape index (κ1) is 19.8. The van der Waals surface area contributed by atoms with Gasteiger partial charge in [0.1, 0.15) is 10.8 Å². The Morgan fingerprint density at radius 3 is 2.72 bits per heavy atom. The van der Waals surface area contributed by atoms with Gasteiger partial charge >= 0.3 is 0 Å². The number of thiazole rings is 1. The normalized spacial score (nSPS) is 20.8. The van der Waals surface area contributed by atoms with Crippen LogP contribution in [0.25, 0.3) is 10.6 Å². The zero-order chi connectivity index (χ0) is 17.3. The number of carbonyl (C=O) groups excluding carboxylic acids is 1. The largest absolute Gasteiger partial charge is 0.392 e. The number of aliphatic hydroxyl groups is 1. The highest BCUT2D eigenvalue weighted by molar-refractivity contribution is 7.15. The number of carbonyl (C=O) groups is 1. The number of nitrogens with one attached hydrogen (secondary N) is 2. The Hall–Kier alpha value is -1.54. The molecule has 3 atom stereocenters. The minimum Gasteiger partial charge on any atom is -0.392 e. The van der Waals surface area contributed by atoms with Crippen molar-refractivity contribution in [2.24, 2.45) is 0 Å². The Kier molecular flexibility index (Phi) is 6.51. The van der Waals surface area contributed by atoms with E-state index in [4.69, 9.17) is 0 Å². The molecule has 0 spiro atoms. The standard InChI is InChI=1S/C17H20FN3O2S.ClH/c1-9(20-16(23)14-7-13(22)8-19-14)15-10(2)21-17(24-15)11-3-5-12(18)6-4-11;/h3-6,9,13-14,19,22H,7-8H2,1-2H3,(H,20,23);1H. The molecule has 1 aliphatic heterocycles. The first-order chi connectivity index (χ1) is 11.4. The monoisotopic (exact) mass is 385 g/mol. The molecular formula is C17H21ClFN3O2S. The Bertz CT molecular complexity index is 738. The van der Waals surface area contributed by atoms with Gasteiger partial charge in [-0.2, -0.15) is 0 Å². The molecule has 5 nitrogen and oxygen atoms in total. The van der Waals surface area contributed by atoms with E-state index in [0.29, 0.717) is 13.0 Å². The Morgan fingerprint density at radius 1 is 1.44 bits per heavy atom. The van der Waals surface area contributed by atoms with Gasteiger partial charge in [-0.15, -0.1) is 23.7 Å². The Balaban J connectivity index is 0.00000225. The van der Waals surface area contributed by atoms with Crippen molar-refractivity contribution in [1.82, 2.24) is 15.6 Å². The smallest absolute Gasteiger partial charge is 0.237 e. The van der Waals surface area contributed by atoms with Crippen LogP contribution in [0, 0.1) is 12.7 Å². The predicted molar refractivity (Wildman–Crippen MR) is 98.5 cm³/mol. The number of rotatable bonds is 4. The van der Waals surface area contributed by atoms with Gasteiger partial charge in [0.05, 0.1) is 28.8 Å². The molecule has 8 heteroatoms. The maximum atomic E-state index is 13.0. The van der Waals surface area contributed by atoms with Crippen molar-refractivity contribution in [3.63, 3.8) is 0 Å². The summed E-state index contributed by atoms with van der Waals surface area (Å²) in [4.78, 5) is 17.8. The number of aromatic nitrogens is 1. The Labute approximate surface area is 156 Å². The third kappa shape index (κ3) is 4.55. The van der Waals surface area contributed by atoms with Gasteiger partial charge in [0, 0.05) is 12.1 Å². The molecule has 2 heterocycles. The van der Waals surface area contributed by atoms with Crippen LogP contribution in [0.1, 0.15) is 30.0 Å². The molecule has 25 heavy (non-hydrogen) atoms. The number of amides is 1. The number of hydrogen-bond donors (Lipinski definition) is 3. The minimum absolute atomic E-state index is 0. The summed E-state index contributed by atoms with van der Waals surface area (Å²) >= 11 is 1.49. The fraction of sp³-hybridized carbons (Fsp3) is 0.412. The van der Waals surface area contributed by atoms with E-state index in [-0.39, 0.29) is 36.2 Å². The minimum atomic E-state index is -0.466. The molecule has 3 rings (SSSR count). The number of β-amino-alcohol motifs (C(OH)–C–C–N with tert-alkyl or cyclic N) is 1. The van der Waals surface area contributed by atoms with Gasteiger partial charge in [-0.3, -0.25) is 4.79 Å². The number of benzene rings is 1. The van der Waals surface area contributed by atoms with Gasteiger partial charge in [-0.1, -0.05) is 0 Å². The van der Waals surface area contributed by atoms with Gasteiger partial charge in [0.15, 0.2) is 0 Å². The summed E-state index contributed by atoms with van der Waals surface area (Å²) < 4.78 is 13.0. The summed E-state index contributed by atoms with van der Waals surface area (Å²) in [5.41, 5.74) is 1.71. The zero-order valence-corrected chi connectivity index (χ0v) is 15.6. The molecule has 1 amide bonds. The number of hydrogen-bond acceptors (Lipinski definition) is 5. The fourth-order valence-corrected chi connectivity index (χ4v) is 3.90. The molecule has 0 bridgehead atoms. The van der Waals surface area contributed by atoms with Crippen LogP contribution in [0.2, 0.25) is 0 Å². The van der Waals surface area contributed by atoms with Gasteiger partial charge in [0.2, 0.25) is 5.91 Å². The molecule has 1 aliphatic rings. The lowest BCUT2D eigenvalue weighted by molar-refractivity contribution is -0.123. The van der Waals surface area contributed by atoms with E-state index < -0.39 is 6.10 Å². The quantitative estimate of drug-likeness (QED) is 0.756. The van der Waals surface area contributed by atoms with Crippen LogP contribution >= 0.6 is 23.7 Å². The van der Waals surface area contributed by atoms with Crippen molar-refractivity contribution in [2.45, 2.75) is 38.5 Å². The van der Waals surface area contributed by atoms with Crippen LogP contribution in [-0.2, 0) is 4.79 Å². The average molecular weight is 386 g/mol. The lowest BCUT2D eigenvalue weighted by Crippen LogP contribution is -2.41. The topological polar surface area (TPSA) is 74.2 Å². The molecule has 0 saturated carbocycles. The average Bonchev–Trinajstić information content (AvgIpc) is 3.14. The van der Waals surface area contributed by atoms with E-state index in [0.717, 1.165) is 21.1 Å². The molecule has 136 valence electrons. The number of aliphatic hydroxyl groups excluding tert-OH is 1. The van der Waals surface area contributed by atoms with E-state index in [9.17, 15) is 14.3 Å². The van der Waals surface area contributed by atoms with Gasteiger partial charge in [-0.05, 0) is 44.5 Å². The van der Waals surface area contributed by atoms with Crippen LogP contribution in [0.15, 0.2) is 24.3 Å². The molecule has 3 unspecified atom stereocenters. The molecule has 0 aliphatic carbocycles. The van der Waals surface area contributed by atoms with Crippen LogP contribution < -0.4 is 10.6 Å². The lowest BCUT2D eigenvalue weighted by Gasteiger charge is -2.16. The molecule has 1 fully saturated rings. The van der Waals surface area contributed by atoms with E-state index in [1.807, 2.05) is 13.8 Å². The predicted octanol–water partition coefficient (Wildman–Crippen LogP) is 2.58. The van der Waals surface area contributed by atoms with Crippen molar-refractivity contribution in [3.05, 3.63) is 40.7 Å². The van der Waals surface area contributed by atoms with Gasteiger partial charge < -0.3 is 15.7 Å². The van der Waals surface area contributed by atoms with Crippen LogP contribution in [0.3, 0.4) is 0 Å². The Morgan fingerprint density at radius 2 is 2.12 bits per heavy atom. The van der Waals surface area contributed by atoms with Crippen LogP contribution in [-0.4, -0.2) is 34.7 Å². The molecule has 2 aromatic rings. The molecule has 3 N–H and O–H groups in total. The summed E-state index contributed by atoms with van der Waals surface area (Å²) in [6.45, 7) is 4.26. The highest BCUT2D eigenvalue weighted by Gasteiger charge is 2.29. The maximum absolute atomic E-state index is 13.0. The van der Waals surface area contributed by atoms with Crippen LogP contribution in [0.4, 0.5) is 4.39 Å². The van der Waals surface area contributed by atoms with Crippen LogP contribution in [0.5, 0.6) is 0 Å². The van der Waals surface area contributed by atoms with Crippen molar-refractivity contribution >= 4 is 29.7 Å². The fourth-order valence-electron chi connectivity index (χ4n) is 2.82. The second-order valence-electron chi connectivity index (χ2n) is 6.06. The molecule has 0 radical (unpaired) electrons. The number of nitrogens with zero attached hydrogens (tertiary/aromatic N) is 1. The SMILES string of the molecule is Cc1nc(-c2ccc(F)cc2)sc1C(C)NC(=O)C1CC(O)CN1.Cl. The summed E-state index contributed by atoms with van der Waals surface area (Å²) in [5.74, 6) is -0.394. The summed E-state index contributed by atoms with van der Waals surface area (Å²) in [5, 5.41) is 16.3. The van der Waals surface area contributed by atoms with Crippen molar-refractivity contribution in [2.75, 3.05) is 6.54 Å². The molecular weight excluding hydrogens is 365 g/mol. The molecule has 1 aromatic heterocycles. The summed E-state index contributed by atoms with van der Waals surface area (Å²) in [7, 11) is 0. The molecule has 1 aromatic carbocycles. The lowest BCUT2D eigenvalue weighted by atomic mass is 10.1. The third-order valence-electron chi connectivity index (χ3n) is 4.10.